The van der Waals surface area contributed by atoms with E-state index < -0.39 is 11.7 Å². The Morgan fingerprint density at radius 3 is 2.67 bits per heavy atom. The first-order valence-electron chi connectivity index (χ1n) is 7.68. The Morgan fingerprint density at radius 2 is 2.08 bits per heavy atom. The molecule has 1 saturated carbocycles. The smallest absolute Gasteiger partial charge is 0.239 e. The topological polar surface area (TPSA) is 93.5 Å². The maximum absolute atomic E-state index is 14.0. The molecular formula is C16H23ClFN3O3. The van der Waals surface area contributed by atoms with Crippen LogP contribution in [0.3, 0.4) is 0 Å². The molecule has 8 heteroatoms. The summed E-state index contributed by atoms with van der Waals surface area (Å²) in [6.07, 6.45) is 2.28. The summed E-state index contributed by atoms with van der Waals surface area (Å²) < 4.78 is 19.4. The van der Waals surface area contributed by atoms with Crippen molar-refractivity contribution in [3.8, 4) is 5.75 Å². The second-order valence-corrected chi connectivity index (χ2v) is 5.71. The molecule has 134 valence electrons. The third-order valence-electron chi connectivity index (χ3n) is 3.64. The Morgan fingerprint density at radius 1 is 1.38 bits per heavy atom. The minimum atomic E-state index is -0.444. The van der Waals surface area contributed by atoms with Crippen molar-refractivity contribution >= 4 is 24.2 Å². The van der Waals surface area contributed by atoms with Crippen LogP contribution in [0.2, 0.25) is 0 Å². The fourth-order valence-corrected chi connectivity index (χ4v) is 2.02. The van der Waals surface area contributed by atoms with E-state index in [0.29, 0.717) is 18.1 Å². The van der Waals surface area contributed by atoms with Crippen LogP contribution in [0, 0.1) is 11.7 Å². The van der Waals surface area contributed by atoms with Gasteiger partial charge in [0, 0.05) is 0 Å². The zero-order valence-electron chi connectivity index (χ0n) is 13.5. The zero-order chi connectivity index (χ0) is 16.8. The molecule has 0 spiro atoms. The van der Waals surface area contributed by atoms with Gasteiger partial charge in [0.25, 0.3) is 0 Å². The van der Waals surface area contributed by atoms with Gasteiger partial charge in [-0.3, -0.25) is 9.59 Å². The van der Waals surface area contributed by atoms with Crippen LogP contribution in [0.1, 0.15) is 31.4 Å². The molecular weight excluding hydrogens is 337 g/mol. The number of rotatable bonds is 8. The minimum absolute atomic E-state index is 0. The summed E-state index contributed by atoms with van der Waals surface area (Å²) in [4.78, 5) is 22.7. The molecule has 1 aliphatic carbocycles. The number of hydrogen-bond donors (Lipinski definition) is 3. The van der Waals surface area contributed by atoms with Gasteiger partial charge < -0.3 is 21.1 Å². The fourth-order valence-electron chi connectivity index (χ4n) is 2.02. The molecule has 0 radical (unpaired) electrons. The van der Waals surface area contributed by atoms with Crippen molar-refractivity contribution in [3.05, 3.63) is 29.6 Å². The number of carbonyl (C=O) groups excluding carboxylic acids is 2. The molecule has 0 bridgehead atoms. The van der Waals surface area contributed by atoms with Gasteiger partial charge in [-0.15, -0.1) is 12.4 Å². The molecule has 0 aliphatic heterocycles. The summed E-state index contributed by atoms with van der Waals surface area (Å²) >= 11 is 0. The van der Waals surface area contributed by atoms with Gasteiger partial charge in [0.05, 0.1) is 25.7 Å². The molecule has 1 unspecified atom stereocenters. The second-order valence-electron chi connectivity index (χ2n) is 5.71. The molecule has 4 N–H and O–H groups in total. The normalized spacial score (nSPS) is 14.3. The van der Waals surface area contributed by atoms with Crippen LogP contribution in [0.5, 0.6) is 5.75 Å². The number of hydrogen-bond acceptors (Lipinski definition) is 4. The van der Waals surface area contributed by atoms with Gasteiger partial charge in [-0.1, -0.05) is 6.07 Å². The van der Waals surface area contributed by atoms with E-state index in [1.54, 1.807) is 19.1 Å². The van der Waals surface area contributed by atoms with E-state index in [1.165, 1.54) is 6.07 Å². The first-order chi connectivity index (χ1) is 11.0. The van der Waals surface area contributed by atoms with Gasteiger partial charge in [-0.25, -0.2) is 4.39 Å². The van der Waals surface area contributed by atoms with E-state index in [0.717, 1.165) is 12.8 Å². The quantitative estimate of drug-likeness (QED) is 0.652. The van der Waals surface area contributed by atoms with Crippen LogP contribution in [-0.4, -0.2) is 31.5 Å². The highest BCUT2D eigenvalue weighted by Gasteiger charge is 2.22. The van der Waals surface area contributed by atoms with Crippen LogP contribution in [0.25, 0.3) is 0 Å². The minimum Gasteiger partial charge on any atom is -0.490 e. The molecule has 1 aliphatic rings. The Labute approximate surface area is 146 Å². The van der Waals surface area contributed by atoms with Crippen molar-refractivity contribution in [2.75, 3.05) is 19.7 Å². The number of halogens is 2. The lowest BCUT2D eigenvalue weighted by Gasteiger charge is -2.16. The van der Waals surface area contributed by atoms with Crippen LogP contribution >= 0.6 is 12.4 Å². The highest BCUT2D eigenvalue weighted by atomic mass is 35.5. The SMILES string of the molecule is CC(NC(=O)CNC(=O)CN)c1ccc(OCC2CC2)c(F)c1.Cl. The maximum Gasteiger partial charge on any atom is 0.239 e. The van der Waals surface area contributed by atoms with E-state index >= 15 is 0 Å². The summed E-state index contributed by atoms with van der Waals surface area (Å²) in [5.41, 5.74) is 5.76. The molecule has 0 saturated heterocycles. The largest absolute Gasteiger partial charge is 0.490 e. The van der Waals surface area contributed by atoms with E-state index in [4.69, 9.17) is 10.5 Å². The number of carbonyl (C=O) groups is 2. The van der Waals surface area contributed by atoms with Gasteiger partial charge in [0.15, 0.2) is 11.6 Å². The number of benzene rings is 1. The highest BCUT2D eigenvalue weighted by molar-refractivity contribution is 5.85. The predicted octanol–water partition coefficient (Wildman–Crippen LogP) is 1.29. The summed E-state index contributed by atoms with van der Waals surface area (Å²) in [5, 5.41) is 5.05. The lowest BCUT2D eigenvalue weighted by Crippen LogP contribution is -2.40. The van der Waals surface area contributed by atoms with Crippen molar-refractivity contribution < 1.29 is 18.7 Å². The van der Waals surface area contributed by atoms with Crippen molar-refractivity contribution in [2.45, 2.75) is 25.8 Å². The molecule has 0 aromatic heterocycles. The Bertz CT molecular complexity index is 582. The third kappa shape index (κ3) is 6.33. The van der Waals surface area contributed by atoms with Crippen LogP contribution in [0.4, 0.5) is 4.39 Å². The molecule has 1 atom stereocenters. The lowest BCUT2D eigenvalue weighted by atomic mass is 10.1. The first-order valence-corrected chi connectivity index (χ1v) is 7.68. The summed E-state index contributed by atoms with van der Waals surface area (Å²) in [5.74, 6) is -0.434. The highest BCUT2D eigenvalue weighted by Crippen LogP contribution is 2.30. The van der Waals surface area contributed by atoms with Crippen molar-refractivity contribution in [3.63, 3.8) is 0 Å². The van der Waals surface area contributed by atoms with Crippen molar-refractivity contribution in [1.29, 1.82) is 0 Å². The van der Waals surface area contributed by atoms with Crippen LogP contribution < -0.4 is 21.1 Å². The van der Waals surface area contributed by atoms with E-state index in [-0.39, 0.29) is 43.2 Å². The third-order valence-corrected chi connectivity index (χ3v) is 3.64. The standard InChI is InChI=1S/C16H22FN3O3.ClH/c1-10(20-16(22)8-19-15(21)7-18)12-4-5-14(13(17)6-12)23-9-11-2-3-11;/h4-6,10-11H,2-3,7-9,18H2,1H3,(H,19,21)(H,20,22);1H. The van der Waals surface area contributed by atoms with Crippen LogP contribution in [-0.2, 0) is 9.59 Å². The molecule has 6 nitrogen and oxygen atoms in total. The molecule has 0 heterocycles. The van der Waals surface area contributed by atoms with E-state index in [9.17, 15) is 14.0 Å². The average Bonchev–Trinajstić information content (AvgIpc) is 3.35. The van der Waals surface area contributed by atoms with E-state index in [2.05, 4.69) is 10.6 Å². The summed E-state index contributed by atoms with van der Waals surface area (Å²) in [7, 11) is 0. The predicted molar refractivity (Wildman–Crippen MR) is 90.5 cm³/mol. The van der Waals surface area contributed by atoms with Gasteiger partial charge >= 0.3 is 0 Å². The van der Waals surface area contributed by atoms with Gasteiger partial charge in [0.2, 0.25) is 11.8 Å². The number of nitrogens with two attached hydrogens (primary N) is 1. The van der Waals surface area contributed by atoms with Crippen molar-refractivity contribution in [1.82, 2.24) is 10.6 Å². The number of amides is 2. The monoisotopic (exact) mass is 359 g/mol. The number of ether oxygens (including phenoxy) is 1. The molecule has 2 amide bonds. The maximum atomic E-state index is 14.0. The van der Waals surface area contributed by atoms with Crippen LogP contribution in [0.15, 0.2) is 18.2 Å². The number of nitrogens with one attached hydrogen (secondary N) is 2. The zero-order valence-corrected chi connectivity index (χ0v) is 14.3. The molecule has 2 rings (SSSR count). The second kappa shape index (κ2) is 9.44. The molecule has 24 heavy (non-hydrogen) atoms. The Balaban J connectivity index is 0.00000288. The van der Waals surface area contributed by atoms with E-state index in [1.807, 2.05) is 0 Å². The average molecular weight is 360 g/mol. The van der Waals surface area contributed by atoms with Crippen molar-refractivity contribution in [2.24, 2.45) is 11.7 Å². The lowest BCUT2D eigenvalue weighted by molar-refractivity contribution is -0.125. The Hall–Kier alpha value is -1.86. The van der Waals surface area contributed by atoms with Gasteiger partial charge in [-0.2, -0.15) is 0 Å². The molecule has 1 aromatic carbocycles. The van der Waals surface area contributed by atoms with Gasteiger partial charge in [-0.05, 0) is 43.4 Å². The fraction of sp³-hybridized carbons (Fsp3) is 0.500. The molecule has 1 aromatic rings. The summed E-state index contributed by atoms with van der Waals surface area (Å²) in [6, 6.07) is 4.26. The summed E-state index contributed by atoms with van der Waals surface area (Å²) in [6.45, 7) is 1.95. The first kappa shape index (κ1) is 20.2. The Kier molecular flexibility index (Phi) is 7.94. The van der Waals surface area contributed by atoms with Gasteiger partial charge in [0.1, 0.15) is 0 Å². The molecule has 1 fully saturated rings.